The zero-order valence-corrected chi connectivity index (χ0v) is 11.9. The van der Waals surface area contributed by atoms with Crippen molar-refractivity contribution in [2.24, 2.45) is 0 Å². The summed E-state index contributed by atoms with van der Waals surface area (Å²) in [5.41, 5.74) is 9.09. The van der Waals surface area contributed by atoms with Gasteiger partial charge in [-0.15, -0.1) is 0 Å². The predicted molar refractivity (Wildman–Crippen MR) is 86.8 cm³/mol. The molecular weight excluding hydrogens is 258 g/mol. The Labute approximate surface area is 125 Å². The number of benzene rings is 2. The van der Waals surface area contributed by atoms with Gasteiger partial charge < -0.3 is 10.3 Å². The van der Waals surface area contributed by atoms with Gasteiger partial charge in [0.2, 0.25) is 0 Å². The molecule has 1 heterocycles. The second kappa shape index (κ2) is 6.27. The van der Waals surface area contributed by atoms with E-state index in [2.05, 4.69) is 27.8 Å². The first-order chi connectivity index (χ1) is 10.3. The fourth-order valence-corrected chi connectivity index (χ4v) is 2.54. The minimum absolute atomic E-state index is 0.833. The molecule has 0 unspecified atom stereocenters. The van der Waals surface area contributed by atoms with Crippen molar-refractivity contribution in [2.45, 2.75) is 19.4 Å². The summed E-state index contributed by atoms with van der Waals surface area (Å²) in [6.45, 7) is 0.957. The van der Waals surface area contributed by atoms with Crippen molar-refractivity contribution in [3.05, 3.63) is 72.6 Å². The van der Waals surface area contributed by atoms with E-state index < -0.39 is 0 Å². The Bertz CT molecular complexity index is 701. The van der Waals surface area contributed by atoms with Crippen molar-refractivity contribution in [1.82, 2.24) is 9.55 Å². The van der Waals surface area contributed by atoms with Crippen LogP contribution in [0, 0.1) is 0 Å². The molecule has 21 heavy (non-hydrogen) atoms. The molecule has 0 aliphatic heterocycles. The molecule has 0 bridgehead atoms. The van der Waals surface area contributed by atoms with E-state index in [0.29, 0.717) is 0 Å². The summed E-state index contributed by atoms with van der Waals surface area (Å²) in [6, 6.07) is 18.4. The minimum atomic E-state index is 0.833. The fourth-order valence-electron chi connectivity index (χ4n) is 2.54. The summed E-state index contributed by atoms with van der Waals surface area (Å²) in [7, 11) is 0. The summed E-state index contributed by atoms with van der Waals surface area (Å²) < 4.78 is 2.21. The summed E-state index contributed by atoms with van der Waals surface area (Å²) in [5.74, 6) is 1.03. The summed E-state index contributed by atoms with van der Waals surface area (Å²) in [4.78, 5) is 4.47. The Morgan fingerprint density at radius 1 is 1.00 bits per heavy atom. The summed E-state index contributed by atoms with van der Waals surface area (Å²) in [5, 5.41) is 0. The molecule has 3 nitrogen and oxygen atoms in total. The number of nitrogens with zero attached hydrogens (tertiary/aromatic N) is 2. The number of hydrogen-bond acceptors (Lipinski definition) is 2. The van der Waals surface area contributed by atoms with Crippen molar-refractivity contribution in [3.63, 3.8) is 0 Å². The average Bonchev–Trinajstić information content (AvgIpc) is 2.97. The summed E-state index contributed by atoms with van der Waals surface area (Å²) in [6.07, 6.45) is 6.00. The minimum Gasteiger partial charge on any atom is -0.399 e. The molecule has 106 valence electrons. The highest BCUT2D eigenvalue weighted by molar-refractivity contribution is 5.55. The number of aryl methyl sites for hydroxylation is 2. The Morgan fingerprint density at radius 3 is 2.67 bits per heavy atom. The number of rotatable bonds is 5. The molecule has 3 aromatic rings. The number of hydrogen-bond donors (Lipinski definition) is 1. The van der Waals surface area contributed by atoms with Gasteiger partial charge in [0, 0.05) is 30.2 Å². The first-order valence-electron chi connectivity index (χ1n) is 7.24. The molecule has 3 rings (SSSR count). The van der Waals surface area contributed by atoms with E-state index in [-0.39, 0.29) is 0 Å². The highest BCUT2D eigenvalue weighted by Crippen LogP contribution is 2.17. The first-order valence-corrected chi connectivity index (χ1v) is 7.24. The van der Waals surface area contributed by atoms with Gasteiger partial charge >= 0.3 is 0 Å². The van der Waals surface area contributed by atoms with Crippen molar-refractivity contribution in [1.29, 1.82) is 0 Å². The van der Waals surface area contributed by atoms with Crippen molar-refractivity contribution >= 4 is 5.69 Å². The monoisotopic (exact) mass is 277 g/mol. The SMILES string of the molecule is Nc1cccc(CCCn2ccnc2-c2ccccc2)c1. The van der Waals surface area contributed by atoms with Crippen LogP contribution in [0.1, 0.15) is 12.0 Å². The maximum Gasteiger partial charge on any atom is 0.139 e. The van der Waals surface area contributed by atoms with Crippen molar-refractivity contribution in [3.8, 4) is 11.4 Å². The topological polar surface area (TPSA) is 43.8 Å². The molecule has 0 atom stereocenters. The van der Waals surface area contributed by atoms with Crippen LogP contribution >= 0.6 is 0 Å². The lowest BCUT2D eigenvalue weighted by Crippen LogP contribution is -2.01. The Balaban J connectivity index is 1.66. The van der Waals surface area contributed by atoms with E-state index in [9.17, 15) is 0 Å². The van der Waals surface area contributed by atoms with Gasteiger partial charge in [-0.1, -0.05) is 42.5 Å². The standard InChI is InChI=1S/C18H19N3/c19-17-10-4-6-15(14-17)7-5-12-21-13-11-20-18(21)16-8-2-1-3-9-16/h1-4,6,8-11,13-14H,5,7,12,19H2. The Morgan fingerprint density at radius 2 is 1.86 bits per heavy atom. The quantitative estimate of drug-likeness (QED) is 0.721. The van der Waals surface area contributed by atoms with Crippen LogP contribution in [0.5, 0.6) is 0 Å². The molecule has 0 saturated carbocycles. The molecule has 0 radical (unpaired) electrons. The average molecular weight is 277 g/mol. The number of aromatic nitrogens is 2. The predicted octanol–water partition coefficient (Wildman–Crippen LogP) is 3.77. The molecule has 0 aliphatic carbocycles. The number of imidazole rings is 1. The number of anilines is 1. The van der Waals surface area contributed by atoms with E-state index in [0.717, 1.165) is 36.5 Å². The van der Waals surface area contributed by atoms with Crippen molar-refractivity contribution < 1.29 is 0 Å². The van der Waals surface area contributed by atoms with Gasteiger partial charge in [0.1, 0.15) is 5.82 Å². The second-order valence-corrected chi connectivity index (χ2v) is 5.16. The van der Waals surface area contributed by atoms with E-state index in [1.165, 1.54) is 5.56 Å². The second-order valence-electron chi connectivity index (χ2n) is 5.16. The van der Waals surface area contributed by atoms with Crippen LogP contribution in [0.15, 0.2) is 67.0 Å². The van der Waals surface area contributed by atoms with Gasteiger partial charge in [0.05, 0.1) is 0 Å². The molecular formula is C18H19N3. The van der Waals surface area contributed by atoms with Gasteiger partial charge in [0.25, 0.3) is 0 Å². The van der Waals surface area contributed by atoms with Gasteiger partial charge in [-0.3, -0.25) is 0 Å². The van der Waals surface area contributed by atoms with E-state index in [4.69, 9.17) is 5.73 Å². The Hall–Kier alpha value is -2.55. The smallest absolute Gasteiger partial charge is 0.139 e. The van der Waals surface area contributed by atoms with E-state index in [1.54, 1.807) is 0 Å². The zero-order chi connectivity index (χ0) is 14.5. The number of nitrogens with two attached hydrogens (primary N) is 1. The first kappa shape index (κ1) is 13.4. The van der Waals surface area contributed by atoms with Crippen LogP contribution in [0.25, 0.3) is 11.4 Å². The van der Waals surface area contributed by atoms with E-state index in [1.807, 2.05) is 48.8 Å². The molecule has 3 heteroatoms. The third-order valence-electron chi connectivity index (χ3n) is 3.56. The molecule has 0 fully saturated rings. The van der Waals surface area contributed by atoms with Crippen LogP contribution in [0.3, 0.4) is 0 Å². The zero-order valence-electron chi connectivity index (χ0n) is 11.9. The van der Waals surface area contributed by atoms with Gasteiger partial charge in [-0.25, -0.2) is 4.98 Å². The lowest BCUT2D eigenvalue weighted by Gasteiger charge is -2.08. The maximum atomic E-state index is 5.81. The van der Waals surface area contributed by atoms with Crippen LogP contribution in [0.4, 0.5) is 5.69 Å². The van der Waals surface area contributed by atoms with Gasteiger partial charge in [0.15, 0.2) is 0 Å². The van der Waals surface area contributed by atoms with Crippen LogP contribution in [-0.4, -0.2) is 9.55 Å². The molecule has 0 amide bonds. The molecule has 0 spiro atoms. The lowest BCUT2D eigenvalue weighted by atomic mass is 10.1. The number of nitrogen functional groups attached to an aromatic ring is 1. The third kappa shape index (κ3) is 3.31. The largest absolute Gasteiger partial charge is 0.399 e. The lowest BCUT2D eigenvalue weighted by molar-refractivity contribution is 0.648. The highest BCUT2D eigenvalue weighted by Gasteiger charge is 2.05. The molecule has 0 aliphatic rings. The highest BCUT2D eigenvalue weighted by atomic mass is 15.1. The van der Waals surface area contributed by atoms with Crippen LogP contribution in [-0.2, 0) is 13.0 Å². The van der Waals surface area contributed by atoms with E-state index >= 15 is 0 Å². The van der Waals surface area contributed by atoms with Crippen molar-refractivity contribution in [2.75, 3.05) is 5.73 Å². The normalized spacial score (nSPS) is 10.7. The molecule has 2 aromatic carbocycles. The molecule has 2 N–H and O–H groups in total. The van der Waals surface area contributed by atoms with Crippen LogP contribution in [0.2, 0.25) is 0 Å². The van der Waals surface area contributed by atoms with Gasteiger partial charge in [-0.2, -0.15) is 0 Å². The maximum absolute atomic E-state index is 5.81. The van der Waals surface area contributed by atoms with Crippen LogP contribution < -0.4 is 5.73 Å². The summed E-state index contributed by atoms with van der Waals surface area (Å²) >= 11 is 0. The molecule has 0 saturated heterocycles. The fraction of sp³-hybridized carbons (Fsp3) is 0.167. The van der Waals surface area contributed by atoms with Gasteiger partial charge in [-0.05, 0) is 30.5 Å². The Kier molecular flexibility index (Phi) is 4.01. The third-order valence-corrected chi connectivity index (χ3v) is 3.56. The molecule has 1 aromatic heterocycles.